The average Bonchev–Trinajstić information content (AvgIpc) is 2.84. The van der Waals surface area contributed by atoms with Gasteiger partial charge in [-0.05, 0) is 54.1 Å². The van der Waals surface area contributed by atoms with E-state index in [9.17, 15) is 23.2 Å². The highest BCUT2D eigenvalue weighted by Crippen LogP contribution is 2.22. The summed E-state index contributed by atoms with van der Waals surface area (Å²) in [4.78, 5) is 41.0. The topological polar surface area (TPSA) is 79.0 Å². The lowest BCUT2D eigenvalue weighted by Gasteiger charge is -2.19. The number of carbonyl (C=O) groups is 2. The van der Waals surface area contributed by atoms with Crippen molar-refractivity contribution >= 4 is 45.3 Å². The van der Waals surface area contributed by atoms with Gasteiger partial charge in [0.05, 0.1) is 0 Å². The molecule has 9 heteroatoms. The molecule has 1 atom stereocenters. The van der Waals surface area contributed by atoms with Gasteiger partial charge >= 0.3 is 0 Å². The molecule has 0 fully saturated rings. The summed E-state index contributed by atoms with van der Waals surface area (Å²) in [6, 6.07) is 16.6. The highest BCUT2D eigenvalue weighted by atomic mass is 35.5. The van der Waals surface area contributed by atoms with Crippen LogP contribution in [0.25, 0.3) is 10.9 Å². The minimum Gasteiger partial charge on any atom is -0.341 e. The van der Waals surface area contributed by atoms with Gasteiger partial charge in [-0.1, -0.05) is 41.6 Å². The highest BCUT2D eigenvalue weighted by Gasteiger charge is 2.24. The van der Waals surface area contributed by atoms with E-state index in [4.69, 9.17) is 11.6 Å². The van der Waals surface area contributed by atoms with Gasteiger partial charge in [0, 0.05) is 45.3 Å². The van der Waals surface area contributed by atoms with E-state index in [0.29, 0.717) is 21.7 Å². The number of hydrogen-bond donors (Lipinski definition) is 2. The van der Waals surface area contributed by atoms with E-state index in [-0.39, 0.29) is 23.3 Å². The van der Waals surface area contributed by atoms with E-state index < -0.39 is 28.7 Å². The molecule has 0 radical (unpaired) electrons. The van der Waals surface area contributed by atoms with Crippen molar-refractivity contribution in [3.8, 4) is 0 Å². The van der Waals surface area contributed by atoms with Gasteiger partial charge in [0.2, 0.25) is 10.7 Å². The molecule has 0 bridgehead atoms. The normalized spacial score (nSPS) is 11.9. The van der Waals surface area contributed by atoms with E-state index in [1.165, 1.54) is 18.2 Å². The monoisotopic (exact) mass is 512 g/mol. The van der Waals surface area contributed by atoms with Crippen LogP contribution in [0.4, 0.5) is 8.78 Å². The number of aromatic nitrogens is 1. The molecule has 0 aliphatic carbocycles. The molecule has 4 rings (SSSR count). The van der Waals surface area contributed by atoms with Crippen LogP contribution in [0.1, 0.15) is 21.5 Å². The molecule has 35 heavy (non-hydrogen) atoms. The summed E-state index contributed by atoms with van der Waals surface area (Å²) in [6.07, 6.45) is 0.0290. The Bertz CT molecular complexity index is 1460. The summed E-state index contributed by atoms with van der Waals surface area (Å²) >= 11 is 6.66. The molecule has 0 spiro atoms. The van der Waals surface area contributed by atoms with Gasteiger partial charge in [0.15, 0.2) is 0 Å². The number of hydrogen-bond acceptors (Lipinski definition) is 4. The van der Waals surface area contributed by atoms with E-state index in [1.807, 2.05) is 0 Å². The molecule has 1 amide bonds. The number of benzene rings is 3. The van der Waals surface area contributed by atoms with Crippen molar-refractivity contribution in [2.75, 3.05) is 0 Å². The number of pyridine rings is 1. The van der Waals surface area contributed by atoms with Crippen LogP contribution < -0.4 is 10.9 Å². The van der Waals surface area contributed by atoms with Crippen molar-refractivity contribution in [3.63, 3.8) is 0 Å². The number of fused-ring (bicyclic) bond motifs is 1. The number of halogens is 3. The average molecular weight is 513 g/mol. The van der Waals surface area contributed by atoms with Crippen LogP contribution in [0.3, 0.4) is 0 Å². The summed E-state index contributed by atoms with van der Waals surface area (Å²) in [6.45, 7) is 0. The number of carbonyl (C=O) groups excluding carboxylic acids is 2. The van der Waals surface area contributed by atoms with Gasteiger partial charge in [-0.3, -0.25) is 14.4 Å². The zero-order chi connectivity index (χ0) is 24.9. The summed E-state index contributed by atoms with van der Waals surface area (Å²) in [7, 11) is 0. The van der Waals surface area contributed by atoms with Crippen molar-refractivity contribution in [2.24, 2.45) is 0 Å². The molecule has 178 valence electrons. The van der Waals surface area contributed by atoms with Gasteiger partial charge in [0.25, 0.3) is 5.91 Å². The van der Waals surface area contributed by atoms with Crippen LogP contribution in [-0.4, -0.2) is 22.0 Å². The van der Waals surface area contributed by atoms with Crippen molar-refractivity contribution < 1.29 is 18.4 Å². The van der Waals surface area contributed by atoms with Crippen molar-refractivity contribution in [2.45, 2.75) is 18.2 Å². The van der Waals surface area contributed by atoms with Crippen LogP contribution in [0.5, 0.6) is 0 Å². The predicted molar refractivity (Wildman–Crippen MR) is 134 cm³/mol. The Morgan fingerprint density at radius 1 is 0.971 bits per heavy atom. The Labute approximate surface area is 208 Å². The zero-order valence-corrected chi connectivity index (χ0v) is 19.8. The van der Waals surface area contributed by atoms with Crippen LogP contribution in [0, 0.1) is 11.6 Å². The Morgan fingerprint density at radius 2 is 1.71 bits per heavy atom. The number of rotatable bonds is 7. The fourth-order valence-corrected chi connectivity index (χ4v) is 4.59. The molecular weight excluding hydrogens is 494 g/mol. The smallest absolute Gasteiger partial charge is 0.251 e. The van der Waals surface area contributed by atoms with Gasteiger partial charge < -0.3 is 10.3 Å². The lowest BCUT2D eigenvalue weighted by atomic mass is 10.0. The van der Waals surface area contributed by atoms with E-state index in [0.717, 1.165) is 35.3 Å². The Kier molecular flexibility index (Phi) is 7.63. The number of para-hydroxylation sites is 1. The second kappa shape index (κ2) is 10.8. The lowest BCUT2D eigenvalue weighted by Crippen LogP contribution is -2.41. The third-order valence-electron chi connectivity index (χ3n) is 5.33. The predicted octanol–water partition coefficient (Wildman–Crippen LogP) is 5.26. The second-order valence-corrected chi connectivity index (χ2v) is 9.20. The first-order chi connectivity index (χ1) is 16.8. The molecule has 0 saturated heterocycles. The van der Waals surface area contributed by atoms with Crippen LogP contribution in [-0.2, 0) is 17.0 Å². The molecule has 4 aromatic rings. The number of nitrogens with one attached hydrogen (secondary N) is 2. The quantitative estimate of drug-likeness (QED) is 0.354. The maximum atomic E-state index is 14.0. The molecule has 2 N–H and O–H groups in total. The summed E-state index contributed by atoms with van der Waals surface area (Å²) in [5, 5.41) is 3.44. The first-order valence-corrected chi connectivity index (χ1v) is 11.9. The van der Waals surface area contributed by atoms with Crippen LogP contribution >= 0.6 is 23.4 Å². The number of aromatic amines is 1. The van der Waals surface area contributed by atoms with Crippen molar-refractivity contribution in [3.05, 3.63) is 116 Å². The van der Waals surface area contributed by atoms with Gasteiger partial charge in [-0.2, -0.15) is 0 Å². The molecule has 3 aromatic carbocycles. The molecule has 5 nitrogen and oxygen atoms in total. The lowest BCUT2D eigenvalue weighted by molar-refractivity contribution is -0.112. The Morgan fingerprint density at radius 3 is 2.49 bits per heavy atom. The Hall–Kier alpha value is -3.49. The highest BCUT2D eigenvalue weighted by molar-refractivity contribution is 8.13. The fourth-order valence-electron chi connectivity index (χ4n) is 3.61. The van der Waals surface area contributed by atoms with Gasteiger partial charge in [0.1, 0.15) is 17.7 Å². The Balaban J connectivity index is 1.62. The van der Waals surface area contributed by atoms with Crippen molar-refractivity contribution in [1.82, 2.24) is 10.3 Å². The molecule has 1 aromatic heterocycles. The maximum Gasteiger partial charge on any atom is 0.251 e. The zero-order valence-electron chi connectivity index (χ0n) is 18.2. The SMILES string of the molecule is O=C(NC(Cc1cc(=O)[nH]c2ccccc12)C(=O)SCc1cc(F)ccc1F)c1ccc(Cl)cc1. The number of amides is 1. The summed E-state index contributed by atoms with van der Waals surface area (Å²) in [5.41, 5.74) is 1.15. The van der Waals surface area contributed by atoms with Gasteiger partial charge in [-0.25, -0.2) is 8.78 Å². The van der Waals surface area contributed by atoms with E-state index in [2.05, 4.69) is 10.3 Å². The first-order valence-electron chi connectivity index (χ1n) is 10.6. The van der Waals surface area contributed by atoms with Crippen LogP contribution in [0.15, 0.2) is 77.6 Å². The standard InChI is InChI=1S/C26H19ClF2N2O3S/c27-18-7-5-15(6-8-18)25(33)31-23(26(34)35-14-17-11-19(28)9-10-21(17)29)12-16-13-24(32)30-22-4-2-1-3-20(16)22/h1-11,13,23H,12,14H2,(H,30,32)(H,31,33). The molecule has 0 aliphatic rings. The number of thioether (sulfide) groups is 1. The summed E-state index contributed by atoms with van der Waals surface area (Å²) < 4.78 is 27.6. The molecular formula is C26H19ClF2N2O3S. The largest absolute Gasteiger partial charge is 0.341 e. The molecule has 0 saturated carbocycles. The minimum absolute atomic E-state index is 0.0290. The van der Waals surface area contributed by atoms with Crippen LogP contribution in [0.2, 0.25) is 5.02 Å². The van der Waals surface area contributed by atoms with E-state index >= 15 is 0 Å². The van der Waals surface area contributed by atoms with E-state index in [1.54, 1.807) is 36.4 Å². The maximum absolute atomic E-state index is 14.0. The molecule has 1 unspecified atom stereocenters. The second-order valence-electron chi connectivity index (χ2n) is 7.78. The van der Waals surface area contributed by atoms with Gasteiger partial charge in [-0.15, -0.1) is 0 Å². The summed E-state index contributed by atoms with van der Waals surface area (Å²) in [5.74, 6) is -1.87. The molecule has 1 heterocycles. The third kappa shape index (κ3) is 6.15. The minimum atomic E-state index is -1.04. The van der Waals surface area contributed by atoms with Crippen molar-refractivity contribution in [1.29, 1.82) is 0 Å². The fraction of sp³-hybridized carbons (Fsp3) is 0.115. The third-order valence-corrected chi connectivity index (χ3v) is 6.61. The molecule has 0 aliphatic heterocycles. The number of H-pyrrole nitrogens is 1. The first kappa shape index (κ1) is 24.6.